The van der Waals surface area contributed by atoms with Crippen LogP contribution in [0.5, 0.6) is 11.5 Å². The Balaban J connectivity index is 1.45. The second-order valence-electron chi connectivity index (χ2n) is 5.70. The minimum atomic E-state index is 0.0145. The van der Waals surface area contributed by atoms with Crippen LogP contribution in [0.4, 0.5) is 5.69 Å². The zero-order valence-electron chi connectivity index (χ0n) is 13.9. The molecule has 0 saturated carbocycles. The lowest BCUT2D eigenvalue weighted by atomic mass is 10.1. The molecule has 0 fully saturated rings. The molecule has 0 radical (unpaired) electrons. The van der Waals surface area contributed by atoms with Gasteiger partial charge in [0.1, 0.15) is 11.5 Å². The van der Waals surface area contributed by atoms with Crippen LogP contribution in [0.2, 0.25) is 0 Å². The molecule has 0 aliphatic heterocycles. The van der Waals surface area contributed by atoms with E-state index in [1.54, 1.807) is 6.20 Å². The summed E-state index contributed by atoms with van der Waals surface area (Å²) < 4.78 is 5.73. The van der Waals surface area contributed by atoms with Crippen LogP contribution in [-0.2, 0) is 11.2 Å². The van der Waals surface area contributed by atoms with Crippen LogP contribution < -0.4 is 10.1 Å². The van der Waals surface area contributed by atoms with Gasteiger partial charge in [-0.1, -0.05) is 24.3 Å². The third kappa shape index (κ3) is 5.46. The molecule has 0 atom stereocenters. The third-order valence-corrected chi connectivity index (χ3v) is 3.71. The van der Waals surface area contributed by atoms with Gasteiger partial charge in [-0.3, -0.25) is 9.78 Å². The first-order valence-electron chi connectivity index (χ1n) is 8.31. The van der Waals surface area contributed by atoms with Crippen molar-refractivity contribution in [2.24, 2.45) is 0 Å². The smallest absolute Gasteiger partial charge is 0.224 e. The minimum Gasteiger partial charge on any atom is -0.457 e. The number of carbonyl (C=O) groups excluding carboxylic acids is 1. The zero-order valence-corrected chi connectivity index (χ0v) is 13.9. The fraction of sp³-hybridized carbons (Fsp3) is 0.143. The van der Waals surface area contributed by atoms with Gasteiger partial charge in [-0.2, -0.15) is 0 Å². The maximum absolute atomic E-state index is 12.0. The van der Waals surface area contributed by atoms with E-state index in [9.17, 15) is 4.79 Å². The van der Waals surface area contributed by atoms with E-state index in [1.165, 1.54) is 0 Å². The lowest BCUT2D eigenvalue weighted by molar-refractivity contribution is -0.116. The molecule has 0 saturated heterocycles. The normalized spacial score (nSPS) is 10.2. The number of aromatic nitrogens is 1. The number of ether oxygens (including phenoxy) is 1. The first-order chi connectivity index (χ1) is 12.3. The van der Waals surface area contributed by atoms with Crippen molar-refractivity contribution < 1.29 is 9.53 Å². The molecule has 126 valence electrons. The van der Waals surface area contributed by atoms with E-state index in [2.05, 4.69) is 10.3 Å². The molecule has 1 N–H and O–H groups in total. The number of hydrogen-bond donors (Lipinski definition) is 1. The maximum atomic E-state index is 12.0. The van der Waals surface area contributed by atoms with Crippen LogP contribution in [0.15, 0.2) is 79.1 Å². The Morgan fingerprint density at radius 1 is 0.920 bits per heavy atom. The molecule has 25 heavy (non-hydrogen) atoms. The Bertz CT molecular complexity index is 787. The third-order valence-electron chi connectivity index (χ3n) is 3.71. The number of anilines is 1. The van der Waals surface area contributed by atoms with Gasteiger partial charge in [-0.15, -0.1) is 0 Å². The Labute approximate surface area is 147 Å². The van der Waals surface area contributed by atoms with Gasteiger partial charge in [0.2, 0.25) is 5.91 Å². The summed E-state index contributed by atoms with van der Waals surface area (Å²) in [5, 5.41) is 2.91. The lowest BCUT2D eigenvalue weighted by Crippen LogP contribution is -2.11. The average molecular weight is 332 g/mol. The topological polar surface area (TPSA) is 51.2 Å². The van der Waals surface area contributed by atoms with Crippen molar-refractivity contribution in [3.8, 4) is 11.5 Å². The first kappa shape index (κ1) is 16.7. The van der Waals surface area contributed by atoms with Crippen molar-refractivity contribution in [1.29, 1.82) is 0 Å². The standard InChI is InChI=1S/C21H20N2O2/c24-21(10-4-6-17-7-5-15-22-16-17)23-18-11-13-20(14-12-18)25-19-8-2-1-3-9-19/h1-3,5,7-9,11-16H,4,6,10H2,(H,23,24). The van der Waals surface area contributed by atoms with Crippen molar-refractivity contribution in [2.45, 2.75) is 19.3 Å². The van der Waals surface area contributed by atoms with Crippen molar-refractivity contribution >= 4 is 11.6 Å². The van der Waals surface area contributed by atoms with Crippen molar-refractivity contribution in [3.05, 3.63) is 84.7 Å². The lowest BCUT2D eigenvalue weighted by Gasteiger charge is -2.08. The first-order valence-corrected chi connectivity index (χ1v) is 8.31. The predicted octanol–water partition coefficient (Wildman–Crippen LogP) is 4.84. The number of aryl methyl sites for hydroxylation is 1. The van der Waals surface area contributed by atoms with Crippen molar-refractivity contribution in [3.63, 3.8) is 0 Å². The summed E-state index contributed by atoms with van der Waals surface area (Å²) in [7, 11) is 0. The number of para-hydroxylation sites is 1. The molecule has 0 spiro atoms. The Morgan fingerprint density at radius 3 is 2.40 bits per heavy atom. The maximum Gasteiger partial charge on any atom is 0.224 e. The summed E-state index contributed by atoms with van der Waals surface area (Å²) >= 11 is 0. The van der Waals surface area contributed by atoms with Gasteiger partial charge in [0, 0.05) is 24.5 Å². The van der Waals surface area contributed by atoms with E-state index < -0.39 is 0 Å². The number of carbonyl (C=O) groups is 1. The van der Waals surface area contributed by atoms with Gasteiger partial charge in [0.05, 0.1) is 0 Å². The van der Waals surface area contributed by atoms with Crippen molar-refractivity contribution in [2.75, 3.05) is 5.32 Å². The molecule has 1 heterocycles. The van der Waals surface area contributed by atoms with E-state index in [0.717, 1.165) is 35.6 Å². The fourth-order valence-electron chi connectivity index (χ4n) is 2.45. The molecule has 4 nitrogen and oxygen atoms in total. The molecule has 4 heteroatoms. The average Bonchev–Trinajstić information content (AvgIpc) is 2.65. The summed E-state index contributed by atoms with van der Waals surface area (Å²) in [5.41, 5.74) is 1.92. The molecule has 0 aliphatic rings. The second-order valence-corrected chi connectivity index (χ2v) is 5.70. The predicted molar refractivity (Wildman–Crippen MR) is 98.8 cm³/mol. The Morgan fingerprint density at radius 2 is 1.68 bits per heavy atom. The number of pyridine rings is 1. The van der Waals surface area contributed by atoms with E-state index in [0.29, 0.717) is 6.42 Å². The van der Waals surface area contributed by atoms with Crippen LogP contribution in [-0.4, -0.2) is 10.9 Å². The number of rotatable bonds is 7. The van der Waals surface area contributed by atoms with Crippen LogP contribution in [0.3, 0.4) is 0 Å². The molecular formula is C21H20N2O2. The highest BCUT2D eigenvalue weighted by Gasteiger charge is 2.04. The van der Waals surface area contributed by atoms with Crippen LogP contribution in [0.1, 0.15) is 18.4 Å². The fourth-order valence-corrected chi connectivity index (χ4v) is 2.45. The van der Waals surface area contributed by atoms with Crippen LogP contribution in [0.25, 0.3) is 0 Å². The molecule has 0 aliphatic carbocycles. The number of nitrogens with one attached hydrogen (secondary N) is 1. The monoisotopic (exact) mass is 332 g/mol. The molecule has 0 unspecified atom stereocenters. The summed E-state index contributed by atoms with van der Waals surface area (Å²) in [4.78, 5) is 16.1. The van der Waals surface area contributed by atoms with E-state index >= 15 is 0 Å². The largest absolute Gasteiger partial charge is 0.457 e. The molecule has 3 aromatic rings. The van der Waals surface area contributed by atoms with Gasteiger partial charge in [0.15, 0.2) is 0 Å². The number of amides is 1. The number of hydrogen-bond acceptors (Lipinski definition) is 3. The quantitative estimate of drug-likeness (QED) is 0.674. The summed E-state index contributed by atoms with van der Waals surface area (Å²) in [5.74, 6) is 1.54. The van der Waals surface area contributed by atoms with Crippen LogP contribution >= 0.6 is 0 Å². The molecule has 3 rings (SSSR count). The molecule has 1 aromatic heterocycles. The van der Waals surface area contributed by atoms with Gasteiger partial charge >= 0.3 is 0 Å². The highest BCUT2D eigenvalue weighted by atomic mass is 16.5. The summed E-state index contributed by atoms with van der Waals surface area (Å²) in [6, 6.07) is 20.9. The van der Waals surface area contributed by atoms with Gasteiger partial charge in [-0.05, 0) is 60.9 Å². The zero-order chi connectivity index (χ0) is 17.3. The molecule has 1 amide bonds. The van der Waals surface area contributed by atoms with Gasteiger partial charge in [0.25, 0.3) is 0 Å². The second kappa shape index (κ2) is 8.64. The van der Waals surface area contributed by atoms with Crippen LogP contribution in [0, 0.1) is 0 Å². The van der Waals surface area contributed by atoms with E-state index in [4.69, 9.17) is 4.74 Å². The minimum absolute atomic E-state index is 0.0145. The van der Waals surface area contributed by atoms with E-state index in [-0.39, 0.29) is 5.91 Å². The SMILES string of the molecule is O=C(CCCc1cccnc1)Nc1ccc(Oc2ccccc2)cc1. The van der Waals surface area contributed by atoms with Gasteiger partial charge < -0.3 is 10.1 Å². The number of nitrogens with zero attached hydrogens (tertiary/aromatic N) is 1. The summed E-state index contributed by atoms with van der Waals surface area (Å²) in [6.45, 7) is 0. The highest BCUT2D eigenvalue weighted by Crippen LogP contribution is 2.22. The van der Waals surface area contributed by atoms with Crippen molar-refractivity contribution in [1.82, 2.24) is 4.98 Å². The molecular weight excluding hydrogens is 312 g/mol. The molecule has 0 bridgehead atoms. The number of benzene rings is 2. The van der Waals surface area contributed by atoms with Gasteiger partial charge in [-0.25, -0.2) is 0 Å². The van der Waals surface area contributed by atoms with E-state index in [1.807, 2.05) is 72.9 Å². The summed E-state index contributed by atoms with van der Waals surface area (Å²) in [6.07, 6.45) is 5.72. The Hall–Kier alpha value is -3.14. The highest BCUT2D eigenvalue weighted by molar-refractivity contribution is 5.90. The Kier molecular flexibility index (Phi) is 5.77. The molecule has 2 aromatic carbocycles.